The SMILES string of the molecule is COCc1cccc(-c2cncc(-c3cccc(C(=O)NCCN(C)C)c3)n2)c1. The van der Waals surface area contributed by atoms with Crippen LogP contribution in [0.25, 0.3) is 22.5 Å². The van der Waals surface area contributed by atoms with Gasteiger partial charge in [0.1, 0.15) is 0 Å². The molecule has 0 atom stereocenters. The van der Waals surface area contributed by atoms with E-state index in [1.54, 1.807) is 25.6 Å². The second-order valence-corrected chi connectivity index (χ2v) is 7.06. The molecule has 150 valence electrons. The molecular formula is C23H26N4O2. The molecule has 6 heteroatoms. The number of methoxy groups -OCH3 is 1. The van der Waals surface area contributed by atoms with Gasteiger partial charge in [-0.15, -0.1) is 0 Å². The lowest BCUT2D eigenvalue weighted by Crippen LogP contribution is -2.31. The zero-order valence-electron chi connectivity index (χ0n) is 17.1. The number of carbonyl (C=O) groups is 1. The molecule has 6 nitrogen and oxygen atoms in total. The predicted octanol–water partition coefficient (Wildman–Crippen LogP) is 3.25. The van der Waals surface area contributed by atoms with E-state index in [4.69, 9.17) is 9.72 Å². The fourth-order valence-corrected chi connectivity index (χ4v) is 2.95. The van der Waals surface area contributed by atoms with Gasteiger partial charge in [0.05, 0.1) is 30.4 Å². The van der Waals surface area contributed by atoms with Crippen molar-refractivity contribution in [3.05, 3.63) is 72.1 Å². The van der Waals surface area contributed by atoms with E-state index >= 15 is 0 Å². The van der Waals surface area contributed by atoms with Gasteiger partial charge in [0.2, 0.25) is 0 Å². The molecule has 3 aromatic rings. The first-order valence-electron chi connectivity index (χ1n) is 9.50. The number of benzene rings is 2. The number of ether oxygens (including phenoxy) is 1. The van der Waals surface area contributed by atoms with Crippen LogP contribution in [0.5, 0.6) is 0 Å². The van der Waals surface area contributed by atoms with Crippen molar-refractivity contribution in [2.75, 3.05) is 34.3 Å². The van der Waals surface area contributed by atoms with Crippen LogP contribution in [0, 0.1) is 0 Å². The number of likely N-dealkylation sites (N-methyl/N-ethyl adjacent to an activating group) is 1. The lowest BCUT2D eigenvalue weighted by atomic mass is 10.1. The summed E-state index contributed by atoms with van der Waals surface area (Å²) < 4.78 is 5.21. The van der Waals surface area contributed by atoms with Crippen LogP contribution in [0.1, 0.15) is 15.9 Å². The minimum absolute atomic E-state index is 0.0925. The van der Waals surface area contributed by atoms with Crippen molar-refractivity contribution in [3.8, 4) is 22.5 Å². The van der Waals surface area contributed by atoms with E-state index in [2.05, 4.69) is 10.3 Å². The molecule has 29 heavy (non-hydrogen) atoms. The van der Waals surface area contributed by atoms with Crippen LogP contribution in [0.15, 0.2) is 60.9 Å². The maximum Gasteiger partial charge on any atom is 0.251 e. The molecule has 0 radical (unpaired) electrons. The molecule has 0 saturated heterocycles. The number of nitrogens with zero attached hydrogens (tertiary/aromatic N) is 3. The number of hydrogen-bond donors (Lipinski definition) is 1. The molecule has 0 fully saturated rings. The first kappa shape index (κ1) is 20.6. The summed E-state index contributed by atoms with van der Waals surface area (Å²) in [6, 6.07) is 15.5. The third-order valence-electron chi connectivity index (χ3n) is 4.43. The topological polar surface area (TPSA) is 67.3 Å². The molecule has 2 aromatic carbocycles. The summed E-state index contributed by atoms with van der Waals surface area (Å²) in [5.74, 6) is -0.0925. The molecule has 0 aliphatic carbocycles. The Kier molecular flexibility index (Phi) is 7.05. The van der Waals surface area contributed by atoms with Gasteiger partial charge in [-0.2, -0.15) is 0 Å². The maximum absolute atomic E-state index is 12.4. The summed E-state index contributed by atoms with van der Waals surface area (Å²) in [6.45, 7) is 1.94. The fraction of sp³-hybridized carbons (Fsp3) is 0.261. The van der Waals surface area contributed by atoms with Crippen LogP contribution in [-0.4, -0.2) is 55.1 Å². The van der Waals surface area contributed by atoms with E-state index in [-0.39, 0.29) is 5.91 Å². The van der Waals surface area contributed by atoms with Crippen molar-refractivity contribution >= 4 is 5.91 Å². The van der Waals surface area contributed by atoms with Crippen molar-refractivity contribution in [2.45, 2.75) is 6.61 Å². The summed E-state index contributed by atoms with van der Waals surface area (Å²) in [6.07, 6.45) is 3.46. The number of amides is 1. The highest BCUT2D eigenvalue weighted by Crippen LogP contribution is 2.23. The smallest absolute Gasteiger partial charge is 0.251 e. The number of aromatic nitrogens is 2. The average Bonchev–Trinajstić information content (AvgIpc) is 2.74. The molecule has 1 aromatic heterocycles. The molecule has 1 heterocycles. The predicted molar refractivity (Wildman–Crippen MR) is 115 cm³/mol. The monoisotopic (exact) mass is 390 g/mol. The number of nitrogens with one attached hydrogen (secondary N) is 1. The van der Waals surface area contributed by atoms with Gasteiger partial charge in [-0.3, -0.25) is 9.78 Å². The molecule has 0 saturated carbocycles. The molecule has 0 unspecified atom stereocenters. The first-order valence-corrected chi connectivity index (χ1v) is 9.50. The van der Waals surface area contributed by atoms with Crippen molar-refractivity contribution in [1.29, 1.82) is 0 Å². The fourth-order valence-electron chi connectivity index (χ4n) is 2.95. The quantitative estimate of drug-likeness (QED) is 0.640. The van der Waals surface area contributed by atoms with Crippen LogP contribution >= 0.6 is 0 Å². The van der Waals surface area contributed by atoms with E-state index in [9.17, 15) is 4.79 Å². The Morgan fingerprint density at radius 2 is 1.72 bits per heavy atom. The molecule has 1 amide bonds. The standard InChI is InChI=1S/C23H26N4O2/c1-27(2)11-10-25-23(28)20-9-5-8-19(13-20)22-15-24-14-21(26-22)18-7-4-6-17(12-18)16-29-3/h4-9,12-15H,10-11,16H2,1-3H3,(H,25,28). The van der Waals surface area contributed by atoms with Gasteiger partial charge < -0.3 is 15.0 Å². The van der Waals surface area contributed by atoms with Gasteiger partial charge >= 0.3 is 0 Å². The minimum atomic E-state index is -0.0925. The minimum Gasteiger partial charge on any atom is -0.380 e. The third kappa shape index (κ3) is 5.70. The normalized spacial score (nSPS) is 10.9. The summed E-state index contributed by atoms with van der Waals surface area (Å²) in [7, 11) is 5.63. The van der Waals surface area contributed by atoms with Crippen LogP contribution in [0.4, 0.5) is 0 Å². The van der Waals surface area contributed by atoms with Gasteiger partial charge in [0, 0.05) is 36.9 Å². The lowest BCUT2D eigenvalue weighted by Gasteiger charge is -2.11. The van der Waals surface area contributed by atoms with Gasteiger partial charge in [-0.25, -0.2) is 4.98 Å². The van der Waals surface area contributed by atoms with Crippen LogP contribution in [0.3, 0.4) is 0 Å². The van der Waals surface area contributed by atoms with E-state index in [0.717, 1.165) is 34.6 Å². The zero-order chi connectivity index (χ0) is 20.6. The summed E-state index contributed by atoms with van der Waals surface area (Å²) in [4.78, 5) is 23.6. The Morgan fingerprint density at radius 3 is 2.41 bits per heavy atom. The Bertz CT molecular complexity index is 972. The maximum atomic E-state index is 12.4. The Balaban J connectivity index is 1.82. The molecule has 0 aliphatic heterocycles. The van der Waals surface area contributed by atoms with Crippen molar-refractivity contribution in [3.63, 3.8) is 0 Å². The molecule has 3 rings (SSSR count). The van der Waals surface area contributed by atoms with Crippen LogP contribution in [-0.2, 0) is 11.3 Å². The highest BCUT2D eigenvalue weighted by atomic mass is 16.5. The summed E-state index contributed by atoms with van der Waals surface area (Å²) in [5.41, 5.74) is 5.02. The Hall–Kier alpha value is -3.09. The van der Waals surface area contributed by atoms with Gasteiger partial charge in [-0.05, 0) is 37.9 Å². The van der Waals surface area contributed by atoms with Gasteiger partial charge in [-0.1, -0.05) is 30.3 Å². The van der Waals surface area contributed by atoms with Gasteiger partial charge in [0.25, 0.3) is 5.91 Å². The molecular weight excluding hydrogens is 364 g/mol. The second-order valence-electron chi connectivity index (χ2n) is 7.06. The van der Waals surface area contributed by atoms with Crippen LogP contribution in [0.2, 0.25) is 0 Å². The van der Waals surface area contributed by atoms with Gasteiger partial charge in [0.15, 0.2) is 0 Å². The number of hydrogen-bond acceptors (Lipinski definition) is 5. The molecule has 0 aliphatic rings. The Labute approximate surface area is 171 Å². The molecule has 0 spiro atoms. The lowest BCUT2D eigenvalue weighted by molar-refractivity contribution is 0.0951. The molecule has 1 N–H and O–H groups in total. The number of carbonyl (C=O) groups excluding carboxylic acids is 1. The highest BCUT2D eigenvalue weighted by Gasteiger charge is 2.09. The van der Waals surface area contributed by atoms with E-state index < -0.39 is 0 Å². The van der Waals surface area contributed by atoms with E-state index in [0.29, 0.717) is 18.7 Å². The Morgan fingerprint density at radius 1 is 1.03 bits per heavy atom. The zero-order valence-corrected chi connectivity index (χ0v) is 17.1. The van der Waals surface area contributed by atoms with Crippen molar-refractivity contribution < 1.29 is 9.53 Å². The summed E-state index contributed by atoms with van der Waals surface area (Å²) in [5, 5.41) is 2.94. The largest absolute Gasteiger partial charge is 0.380 e. The molecule has 0 bridgehead atoms. The highest BCUT2D eigenvalue weighted by molar-refractivity contribution is 5.95. The average molecular weight is 390 g/mol. The van der Waals surface area contributed by atoms with Crippen LogP contribution < -0.4 is 5.32 Å². The first-order chi connectivity index (χ1) is 14.1. The van der Waals surface area contributed by atoms with E-state index in [1.165, 1.54) is 0 Å². The second kappa shape index (κ2) is 9.91. The number of rotatable bonds is 8. The van der Waals surface area contributed by atoms with E-state index in [1.807, 2.05) is 61.5 Å². The summed E-state index contributed by atoms with van der Waals surface area (Å²) >= 11 is 0. The van der Waals surface area contributed by atoms with Crippen molar-refractivity contribution in [2.24, 2.45) is 0 Å². The van der Waals surface area contributed by atoms with Crippen molar-refractivity contribution in [1.82, 2.24) is 20.2 Å². The third-order valence-corrected chi connectivity index (χ3v) is 4.43.